The number of nitriles is 1. The van der Waals surface area contributed by atoms with Gasteiger partial charge in [-0.3, -0.25) is 19.3 Å². The fourth-order valence-corrected chi connectivity index (χ4v) is 2.78. The topological polar surface area (TPSA) is 87.5 Å². The van der Waals surface area contributed by atoms with E-state index in [9.17, 15) is 14.4 Å². The number of hydrogen-bond acceptors (Lipinski definition) is 5. The van der Waals surface area contributed by atoms with Crippen LogP contribution < -0.4 is 0 Å². The van der Waals surface area contributed by atoms with Crippen LogP contribution in [-0.2, 0) is 16.1 Å². The highest BCUT2D eigenvalue weighted by Gasteiger charge is 2.35. The lowest BCUT2D eigenvalue weighted by atomic mass is 10.1. The number of ether oxygens (including phenoxy) is 1. The second-order valence-corrected chi connectivity index (χ2v) is 6.03. The zero-order chi connectivity index (χ0) is 18.7. The van der Waals surface area contributed by atoms with E-state index in [2.05, 4.69) is 0 Å². The Kier molecular flexibility index (Phi) is 4.81. The molecule has 0 spiro atoms. The Morgan fingerprint density at radius 3 is 2.65 bits per heavy atom. The quantitative estimate of drug-likeness (QED) is 0.612. The Hall–Kier alpha value is -3.46. The molecule has 0 saturated heterocycles. The number of esters is 1. The summed E-state index contributed by atoms with van der Waals surface area (Å²) in [6, 6.07) is 13.9. The van der Waals surface area contributed by atoms with Gasteiger partial charge in [-0.2, -0.15) is 5.26 Å². The fourth-order valence-electron chi connectivity index (χ4n) is 2.78. The molecule has 3 rings (SSSR count). The molecule has 0 unspecified atom stereocenters. The molecule has 0 aromatic heterocycles. The van der Waals surface area contributed by atoms with Gasteiger partial charge in [0, 0.05) is 6.54 Å². The van der Waals surface area contributed by atoms with Crippen LogP contribution in [0.25, 0.3) is 0 Å². The Labute approximate surface area is 150 Å². The van der Waals surface area contributed by atoms with Gasteiger partial charge in [0.1, 0.15) is 6.61 Å². The molecular formula is C20H16N2O4. The van der Waals surface area contributed by atoms with E-state index in [1.807, 2.05) is 13.0 Å². The standard InChI is InChI=1S/C20H16N2O4/c1-13-5-6-16-17(9-13)20(25)22(19(16)24)8-7-18(23)26-12-15-4-2-3-14(10-15)11-21/h2-6,9-10H,7-8,12H2,1H3. The van der Waals surface area contributed by atoms with E-state index in [-0.39, 0.29) is 31.4 Å². The molecule has 0 radical (unpaired) electrons. The second-order valence-electron chi connectivity index (χ2n) is 6.03. The average Bonchev–Trinajstić information content (AvgIpc) is 2.88. The third kappa shape index (κ3) is 3.47. The van der Waals surface area contributed by atoms with E-state index >= 15 is 0 Å². The molecular weight excluding hydrogens is 332 g/mol. The fraction of sp³-hybridized carbons (Fsp3) is 0.200. The molecule has 2 aromatic rings. The molecule has 6 heteroatoms. The normalized spacial score (nSPS) is 12.7. The van der Waals surface area contributed by atoms with Gasteiger partial charge in [0.25, 0.3) is 11.8 Å². The SMILES string of the molecule is Cc1ccc2c(c1)C(=O)N(CCC(=O)OCc1cccc(C#N)c1)C2=O. The third-order valence-corrected chi connectivity index (χ3v) is 4.12. The van der Waals surface area contributed by atoms with Gasteiger partial charge in [-0.15, -0.1) is 0 Å². The minimum absolute atomic E-state index is 0.0253. The van der Waals surface area contributed by atoms with E-state index in [0.29, 0.717) is 22.3 Å². The van der Waals surface area contributed by atoms with Crippen molar-refractivity contribution in [1.29, 1.82) is 5.26 Å². The number of imide groups is 1. The summed E-state index contributed by atoms with van der Waals surface area (Å²) in [7, 11) is 0. The maximum atomic E-state index is 12.3. The first kappa shape index (κ1) is 17.4. The van der Waals surface area contributed by atoms with Crippen LogP contribution in [0.5, 0.6) is 0 Å². The maximum absolute atomic E-state index is 12.3. The van der Waals surface area contributed by atoms with Crippen molar-refractivity contribution in [2.45, 2.75) is 20.0 Å². The van der Waals surface area contributed by atoms with Crippen molar-refractivity contribution in [3.05, 3.63) is 70.3 Å². The van der Waals surface area contributed by atoms with Gasteiger partial charge < -0.3 is 4.74 Å². The van der Waals surface area contributed by atoms with Crippen LogP contribution in [0.1, 0.15) is 43.8 Å². The minimum Gasteiger partial charge on any atom is -0.461 e. The predicted octanol–water partition coefficient (Wildman–Crippen LogP) is 2.60. The van der Waals surface area contributed by atoms with Crippen molar-refractivity contribution in [3.8, 4) is 6.07 Å². The first-order valence-electron chi connectivity index (χ1n) is 8.11. The molecule has 2 aromatic carbocycles. The molecule has 0 saturated carbocycles. The average molecular weight is 348 g/mol. The summed E-state index contributed by atoms with van der Waals surface area (Å²) >= 11 is 0. The number of benzene rings is 2. The monoisotopic (exact) mass is 348 g/mol. The summed E-state index contributed by atoms with van der Waals surface area (Å²) < 4.78 is 5.16. The zero-order valence-corrected chi connectivity index (χ0v) is 14.2. The van der Waals surface area contributed by atoms with E-state index in [0.717, 1.165) is 10.5 Å². The van der Waals surface area contributed by atoms with Gasteiger partial charge in [0.2, 0.25) is 0 Å². The van der Waals surface area contributed by atoms with Crippen molar-refractivity contribution in [2.75, 3.05) is 6.54 Å². The van der Waals surface area contributed by atoms with Crippen molar-refractivity contribution < 1.29 is 19.1 Å². The van der Waals surface area contributed by atoms with Crippen LogP contribution in [0.15, 0.2) is 42.5 Å². The lowest BCUT2D eigenvalue weighted by Gasteiger charge is -2.13. The van der Waals surface area contributed by atoms with Crippen molar-refractivity contribution >= 4 is 17.8 Å². The number of aryl methyl sites for hydroxylation is 1. The highest BCUT2D eigenvalue weighted by Crippen LogP contribution is 2.24. The van der Waals surface area contributed by atoms with Crippen molar-refractivity contribution in [2.24, 2.45) is 0 Å². The second kappa shape index (κ2) is 7.19. The molecule has 6 nitrogen and oxygen atoms in total. The van der Waals surface area contributed by atoms with Crippen LogP contribution >= 0.6 is 0 Å². The summed E-state index contributed by atoms with van der Waals surface area (Å²) in [5.74, 6) is -1.29. The van der Waals surface area contributed by atoms with Crippen LogP contribution in [0, 0.1) is 18.3 Å². The van der Waals surface area contributed by atoms with E-state index < -0.39 is 5.97 Å². The summed E-state index contributed by atoms with van der Waals surface area (Å²) in [6.45, 7) is 1.86. The highest BCUT2D eigenvalue weighted by atomic mass is 16.5. The van der Waals surface area contributed by atoms with Crippen molar-refractivity contribution in [1.82, 2.24) is 4.90 Å². The summed E-state index contributed by atoms with van der Waals surface area (Å²) in [5, 5.41) is 8.86. The Bertz CT molecular complexity index is 943. The molecule has 1 aliphatic heterocycles. The third-order valence-electron chi connectivity index (χ3n) is 4.12. The summed E-state index contributed by atoms with van der Waals surface area (Å²) in [5.41, 5.74) is 2.82. The number of amides is 2. The lowest BCUT2D eigenvalue weighted by molar-refractivity contribution is -0.145. The van der Waals surface area contributed by atoms with E-state index in [4.69, 9.17) is 10.00 Å². The Balaban J connectivity index is 1.56. The number of carbonyl (C=O) groups excluding carboxylic acids is 3. The zero-order valence-electron chi connectivity index (χ0n) is 14.2. The molecule has 0 fully saturated rings. The van der Waals surface area contributed by atoms with Crippen LogP contribution in [0.2, 0.25) is 0 Å². The van der Waals surface area contributed by atoms with E-state index in [1.165, 1.54) is 0 Å². The molecule has 0 atom stereocenters. The summed E-state index contributed by atoms with van der Waals surface area (Å²) in [4.78, 5) is 37.6. The van der Waals surface area contributed by atoms with Gasteiger partial charge in [0.05, 0.1) is 29.2 Å². The predicted molar refractivity (Wildman–Crippen MR) is 92.1 cm³/mol. The first-order chi connectivity index (χ1) is 12.5. The van der Waals surface area contributed by atoms with Crippen LogP contribution in [-0.4, -0.2) is 29.2 Å². The maximum Gasteiger partial charge on any atom is 0.307 e. The van der Waals surface area contributed by atoms with Gasteiger partial charge in [0.15, 0.2) is 0 Å². The Morgan fingerprint density at radius 2 is 1.88 bits per heavy atom. The molecule has 2 amide bonds. The van der Waals surface area contributed by atoms with Crippen molar-refractivity contribution in [3.63, 3.8) is 0 Å². The largest absolute Gasteiger partial charge is 0.461 e. The number of nitrogens with zero attached hydrogens (tertiary/aromatic N) is 2. The number of fused-ring (bicyclic) bond motifs is 1. The highest BCUT2D eigenvalue weighted by molar-refractivity contribution is 6.21. The molecule has 26 heavy (non-hydrogen) atoms. The Morgan fingerprint density at radius 1 is 1.12 bits per heavy atom. The number of rotatable bonds is 5. The van der Waals surface area contributed by atoms with Gasteiger partial charge >= 0.3 is 5.97 Å². The molecule has 1 aliphatic rings. The smallest absolute Gasteiger partial charge is 0.307 e. The minimum atomic E-state index is -0.514. The molecule has 0 aliphatic carbocycles. The van der Waals surface area contributed by atoms with E-state index in [1.54, 1.807) is 42.5 Å². The molecule has 0 bridgehead atoms. The molecule has 1 heterocycles. The van der Waals surface area contributed by atoms with Crippen LogP contribution in [0.3, 0.4) is 0 Å². The van der Waals surface area contributed by atoms with Gasteiger partial charge in [-0.1, -0.05) is 23.8 Å². The molecule has 0 N–H and O–H groups in total. The lowest BCUT2D eigenvalue weighted by Crippen LogP contribution is -2.32. The van der Waals surface area contributed by atoms with Crippen LogP contribution in [0.4, 0.5) is 0 Å². The van der Waals surface area contributed by atoms with Gasteiger partial charge in [-0.05, 0) is 36.8 Å². The summed E-state index contributed by atoms with van der Waals surface area (Å²) in [6.07, 6.45) is -0.0810. The first-order valence-corrected chi connectivity index (χ1v) is 8.11. The number of hydrogen-bond donors (Lipinski definition) is 0. The molecule has 130 valence electrons. The van der Waals surface area contributed by atoms with Gasteiger partial charge in [-0.25, -0.2) is 0 Å². The number of carbonyl (C=O) groups is 3.